The molecule has 0 aliphatic rings. The Morgan fingerprint density at radius 3 is 2.38 bits per heavy atom. The van der Waals surface area contributed by atoms with Crippen molar-refractivity contribution in [2.45, 2.75) is 13.5 Å². The number of nitrogens with zero attached hydrogens (tertiary/aromatic N) is 1. The number of ether oxygens (including phenoxy) is 2. The third kappa shape index (κ3) is 5.13. The number of Topliss-reactive ketones (excluding diaryl/α,β-unsaturated/α-hetero) is 1. The molecule has 1 N–H and O–H groups in total. The Morgan fingerprint density at radius 1 is 1.19 bits per heavy atom. The van der Waals surface area contributed by atoms with Gasteiger partial charge in [-0.15, -0.1) is 0 Å². The second-order valence-electron chi connectivity index (χ2n) is 5.31. The Morgan fingerprint density at radius 2 is 1.85 bits per heavy atom. The highest BCUT2D eigenvalue weighted by Gasteiger charge is 2.16. The number of hydrogen-bond donors (Lipinski definition) is 1. The van der Waals surface area contributed by atoms with E-state index in [1.165, 1.54) is 48.0 Å². The predicted octanol–water partition coefficient (Wildman–Crippen LogP) is 2.62. The predicted molar refractivity (Wildman–Crippen MR) is 87.4 cm³/mol. The first kappa shape index (κ1) is 19.1. The highest BCUT2D eigenvalue weighted by Crippen LogP contribution is 2.17. The van der Waals surface area contributed by atoms with Gasteiger partial charge in [0.15, 0.2) is 12.4 Å². The van der Waals surface area contributed by atoms with Crippen molar-refractivity contribution >= 4 is 23.3 Å². The topological polar surface area (TPSA) is 86.6 Å². The van der Waals surface area contributed by atoms with Crippen molar-refractivity contribution in [1.82, 2.24) is 4.57 Å². The molecule has 0 saturated carbocycles. The highest BCUT2D eigenvalue weighted by molar-refractivity contribution is 5.98. The van der Waals surface area contributed by atoms with E-state index in [1.807, 2.05) is 0 Å². The molecule has 2 aromatic rings. The van der Waals surface area contributed by atoms with E-state index >= 15 is 0 Å². The van der Waals surface area contributed by atoms with Gasteiger partial charge in [0.2, 0.25) is 0 Å². The first-order valence-corrected chi connectivity index (χ1v) is 7.45. The quantitative estimate of drug-likeness (QED) is 0.601. The van der Waals surface area contributed by atoms with Crippen LogP contribution in [-0.4, -0.2) is 35.4 Å². The normalized spacial score (nSPS) is 10.5. The van der Waals surface area contributed by atoms with Gasteiger partial charge in [-0.3, -0.25) is 9.59 Å². The molecule has 2 rings (SSSR count). The number of anilines is 1. The molecule has 0 fully saturated rings. The minimum atomic E-state index is -2.93. The lowest BCUT2D eigenvalue weighted by molar-refractivity contribution is -0.119. The summed E-state index contributed by atoms with van der Waals surface area (Å²) in [6, 6.07) is 6.65. The third-order valence-corrected chi connectivity index (χ3v) is 3.32. The molecular formula is C17H16F2N2O5. The largest absolute Gasteiger partial charge is 0.451 e. The van der Waals surface area contributed by atoms with Crippen LogP contribution in [0.2, 0.25) is 0 Å². The number of aryl methyl sites for hydroxylation is 1. The lowest BCUT2D eigenvalue weighted by atomic mass is 10.2. The summed E-state index contributed by atoms with van der Waals surface area (Å²) in [6.07, 6.45) is 1.49. The average Bonchev–Trinajstić information content (AvgIpc) is 2.96. The van der Waals surface area contributed by atoms with Crippen molar-refractivity contribution in [2.75, 3.05) is 11.9 Å². The van der Waals surface area contributed by atoms with E-state index in [0.29, 0.717) is 11.3 Å². The number of carbonyl (C=O) groups excluding carboxylic acids is 3. The van der Waals surface area contributed by atoms with Crippen LogP contribution in [0.1, 0.15) is 27.8 Å². The van der Waals surface area contributed by atoms with Crippen LogP contribution in [0.4, 0.5) is 14.5 Å². The lowest BCUT2D eigenvalue weighted by Gasteiger charge is -2.08. The number of amides is 1. The summed E-state index contributed by atoms with van der Waals surface area (Å²) in [7, 11) is 1.58. The fraction of sp³-hybridized carbons (Fsp3) is 0.235. The summed E-state index contributed by atoms with van der Waals surface area (Å²) in [6.45, 7) is -2.11. The van der Waals surface area contributed by atoms with E-state index in [9.17, 15) is 23.2 Å². The third-order valence-electron chi connectivity index (χ3n) is 3.32. The Bertz CT molecular complexity index is 815. The first-order valence-electron chi connectivity index (χ1n) is 7.45. The Kier molecular flexibility index (Phi) is 6.05. The molecule has 26 heavy (non-hydrogen) atoms. The van der Waals surface area contributed by atoms with Gasteiger partial charge >= 0.3 is 12.6 Å². The Labute approximate surface area is 147 Å². The second kappa shape index (κ2) is 8.24. The summed E-state index contributed by atoms with van der Waals surface area (Å²) < 4.78 is 34.6. The number of aromatic nitrogens is 1. The minimum absolute atomic E-state index is 0.0468. The van der Waals surface area contributed by atoms with Crippen molar-refractivity contribution in [3.05, 3.63) is 47.8 Å². The van der Waals surface area contributed by atoms with E-state index in [2.05, 4.69) is 10.1 Å². The van der Waals surface area contributed by atoms with Gasteiger partial charge in [-0.1, -0.05) is 0 Å². The van der Waals surface area contributed by atoms with Crippen LogP contribution >= 0.6 is 0 Å². The lowest BCUT2D eigenvalue weighted by Crippen LogP contribution is -2.21. The molecule has 7 nitrogen and oxygen atoms in total. The van der Waals surface area contributed by atoms with Crippen LogP contribution in [0.25, 0.3) is 0 Å². The highest BCUT2D eigenvalue weighted by atomic mass is 19.3. The Hall–Kier alpha value is -3.23. The van der Waals surface area contributed by atoms with E-state index in [0.717, 1.165) is 0 Å². The van der Waals surface area contributed by atoms with E-state index < -0.39 is 25.1 Å². The molecule has 9 heteroatoms. The number of benzene rings is 1. The van der Waals surface area contributed by atoms with Crippen LogP contribution in [0.5, 0.6) is 5.75 Å². The molecule has 0 radical (unpaired) electrons. The minimum Gasteiger partial charge on any atom is -0.451 e. The fourth-order valence-corrected chi connectivity index (χ4v) is 2.08. The van der Waals surface area contributed by atoms with E-state index in [1.54, 1.807) is 7.05 Å². The van der Waals surface area contributed by atoms with Gasteiger partial charge < -0.3 is 19.4 Å². The number of hydrogen-bond acceptors (Lipinski definition) is 5. The maximum Gasteiger partial charge on any atom is 0.387 e. The van der Waals surface area contributed by atoms with Gasteiger partial charge in [0.25, 0.3) is 5.91 Å². The van der Waals surface area contributed by atoms with Crippen molar-refractivity contribution < 1.29 is 32.6 Å². The number of nitrogens with one attached hydrogen (secondary N) is 1. The number of alkyl halides is 2. The zero-order chi connectivity index (χ0) is 19.3. The smallest absolute Gasteiger partial charge is 0.387 e. The van der Waals surface area contributed by atoms with Crippen molar-refractivity contribution in [1.29, 1.82) is 0 Å². The molecule has 0 bridgehead atoms. The number of carbonyl (C=O) groups is 3. The number of esters is 1. The summed E-state index contributed by atoms with van der Waals surface area (Å²) in [5, 5.41) is 2.45. The molecule has 0 spiro atoms. The molecule has 0 atom stereocenters. The maximum absolute atomic E-state index is 12.1. The van der Waals surface area contributed by atoms with Crippen molar-refractivity contribution in [2.24, 2.45) is 7.05 Å². The fourth-order valence-electron chi connectivity index (χ4n) is 2.08. The standard InChI is InChI=1S/C17H16F2N2O5/c1-10(22)11-7-14(21(2)8-11)16(24)25-9-15(23)20-12-3-5-13(6-4-12)26-17(18)19/h3-8,17H,9H2,1-2H3,(H,20,23). The van der Waals surface area contributed by atoms with Crippen molar-refractivity contribution in [3.63, 3.8) is 0 Å². The van der Waals surface area contributed by atoms with Crippen LogP contribution in [-0.2, 0) is 16.6 Å². The molecule has 0 saturated heterocycles. The van der Waals surface area contributed by atoms with Gasteiger partial charge in [0, 0.05) is 24.5 Å². The summed E-state index contributed by atoms with van der Waals surface area (Å²) in [5.41, 5.74) is 0.817. The van der Waals surface area contributed by atoms with Crippen LogP contribution in [0, 0.1) is 0 Å². The Balaban J connectivity index is 1.88. The molecule has 1 aromatic carbocycles. The first-order chi connectivity index (χ1) is 12.3. The molecule has 1 amide bonds. The molecule has 1 heterocycles. The number of rotatable bonds is 7. The molecule has 138 valence electrons. The molecule has 0 aliphatic carbocycles. The summed E-state index contributed by atoms with van der Waals surface area (Å²) >= 11 is 0. The summed E-state index contributed by atoms with van der Waals surface area (Å²) in [5.74, 6) is -1.61. The van der Waals surface area contributed by atoms with E-state index in [-0.39, 0.29) is 17.2 Å². The zero-order valence-electron chi connectivity index (χ0n) is 14.0. The van der Waals surface area contributed by atoms with E-state index in [4.69, 9.17) is 4.74 Å². The van der Waals surface area contributed by atoms with Crippen LogP contribution < -0.4 is 10.1 Å². The van der Waals surface area contributed by atoms with Gasteiger partial charge in [-0.2, -0.15) is 8.78 Å². The molecule has 0 unspecified atom stereocenters. The molecule has 0 aliphatic heterocycles. The number of halogens is 2. The van der Waals surface area contributed by atoms with Gasteiger partial charge in [-0.05, 0) is 37.3 Å². The maximum atomic E-state index is 12.1. The van der Waals surface area contributed by atoms with Crippen LogP contribution in [0.15, 0.2) is 36.5 Å². The monoisotopic (exact) mass is 366 g/mol. The summed E-state index contributed by atoms with van der Waals surface area (Å²) in [4.78, 5) is 35.1. The van der Waals surface area contributed by atoms with Crippen LogP contribution in [0.3, 0.4) is 0 Å². The molecule has 1 aromatic heterocycles. The second-order valence-corrected chi connectivity index (χ2v) is 5.31. The SMILES string of the molecule is CC(=O)c1cc(C(=O)OCC(=O)Nc2ccc(OC(F)F)cc2)n(C)c1. The van der Waals surface area contributed by atoms with Gasteiger partial charge in [-0.25, -0.2) is 4.79 Å². The van der Waals surface area contributed by atoms with Gasteiger partial charge in [0.05, 0.1) is 0 Å². The zero-order valence-corrected chi connectivity index (χ0v) is 14.0. The van der Waals surface area contributed by atoms with Crippen molar-refractivity contribution in [3.8, 4) is 5.75 Å². The number of ketones is 1. The van der Waals surface area contributed by atoms with Gasteiger partial charge in [0.1, 0.15) is 11.4 Å². The molecular weight excluding hydrogens is 350 g/mol. The average molecular weight is 366 g/mol.